The van der Waals surface area contributed by atoms with Crippen LogP contribution in [0.2, 0.25) is 0 Å². The zero-order chi connectivity index (χ0) is 9.23. The predicted octanol–water partition coefficient (Wildman–Crippen LogP) is 2.44. The highest BCUT2D eigenvalue weighted by Gasteiger charge is 1.93. The molecule has 4 heteroatoms. The molecule has 2 nitrogen and oxygen atoms in total. The molecule has 0 heterocycles. The Balaban J connectivity index is 2.95. The summed E-state index contributed by atoms with van der Waals surface area (Å²) in [4.78, 5) is 0. The Bertz CT molecular complexity index is 118. The molecule has 0 aromatic rings. The summed E-state index contributed by atoms with van der Waals surface area (Å²) in [7, 11) is 0. The Morgan fingerprint density at radius 2 is 2.00 bits per heavy atom. The van der Waals surface area contributed by atoms with Gasteiger partial charge in [0.2, 0.25) is 0 Å². The van der Waals surface area contributed by atoms with E-state index in [4.69, 9.17) is 18.1 Å². The second-order valence-corrected chi connectivity index (χ2v) is 4.47. The van der Waals surface area contributed by atoms with Gasteiger partial charge < -0.3 is 5.43 Å². The van der Waals surface area contributed by atoms with Crippen LogP contribution in [0.25, 0.3) is 0 Å². The first kappa shape index (κ1) is 12.2. The van der Waals surface area contributed by atoms with Gasteiger partial charge in [-0.25, -0.2) is 5.84 Å². The third-order valence-corrected chi connectivity index (χ3v) is 2.94. The van der Waals surface area contributed by atoms with Crippen molar-refractivity contribution in [3.63, 3.8) is 0 Å². The minimum Gasteiger partial charge on any atom is -0.309 e. The Morgan fingerprint density at radius 3 is 2.58 bits per heavy atom. The van der Waals surface area contributed by atoms with Gasteiger partial charge in [0.05, 0.1) is 0 Å². The van der Waals surface area contributed by atoms with Crippen molar-refractivity contribution in [2.24, 2.45) is 5.84 Å². The molecule has 0 aliphatic carbocycles. The van der Waals surface area contributed by atoms with Gasteiger partial charge in [0, 0.05) is 5.75 Å². The number of thioether (sulfide) groups is 1. The van der Waals surface area contributed by atoms with Gasteiger partial charge in [0.15, 0.2) is 0 Å². The number of nitrogens with two attached hydrogens (primary N) is 1. The van der Waals surface area contributed by atoms with Gasteiger partial charge in [0.25, 0.3) is 0 Å². The number of hydrazine groups is 1. The number of hydrogen-bond donors (Lipinski definition) is 2. The molecule has 0 aromatic carbocycles. The summed E-state index contributed by atoms with van der Waals surface area (Å²) in [5, 5.41) is 0. The highest BCUT2D eigenvalue weighted by atomic mass is 32.2. The molecule has 3 N–H and O–H groups in total. The number of hydrogen-bond acceptors (Lipinski definition) is 3. The Kier molecular flexibility index (Phi) is 9.44. The van der Waals surface area contributed by atoms with Crippen molar-refractivity contribution in [2.45, 2.75) is 39.0 Å². The highest BCUT2D eigenvalue weighted by Crippen LogP contribution is 2.08. The summed E-state index contributed by atoms with van der Waals surface area (Å²) in [5.74, 6) is 6.21. The standard InChI is InChI=1S/C8H18N2S2/c1-2-3-4-5-6-7-12-8(11)10-9/h2-7,9H2,1H3,(H,10,11). The van der Waals surface area contributed by atoms with Gasteiger partial charge in [-0.05, 0) is 6.42 Å². The fraction of sp³-hybridized carbons (Fsp3) is 0.875. The highest BCUT2D eigenvalue weighted by molar-refractivity contribution is 8.22. The van der Waals surface area contributed by atoms with E-state index in [0.717, 1.165) is 5.75 Å². The van der Waals surface area contributed by atoms with E-state index < -0.39 is 0 Å². The van der Waals surface area contributed by atoms with E-state index in [9.17, 15) is 0 Å². The van der Waals surface area contributed by atoms with E-state index in [2.05, 4.69) is 12.3 Å². The largest absolute Gasteiger partial charge is 0.309 e. The van der Waals surface area contributed by atoms with Crippen LogP contribution in [0.5, 0.6) is 0 Å². The van der Waals surface area contributed by atoms with Crippen LogP contribution in [0.1, 0.15) is 39.0 Å². The van der Waals surface area contributed by atoms with E-state index in [0.29, 0.717) is 4.32 Å². The monoisotopic (exact) mass is 206 g/mol. The molecular formula is C8H18N2S2. The quantitative estimate of drug-likeness (QED) is 0.303. The molecule has 72 valence electrons. The van der Waals surface area contributed by atoms with Gasteiger partial charge >= 0.3 is 0 Å². The molecule has 0 saturated heterocycles. The predicted molar refractivity (Wildman–Crippen MR) is 61.1 cm³/mol. The third-order valence-electron chi connectivity index (χ3n) is 1.60. The van der Waals surface area contributed by atoms with Crippen LogP contribution in [0.3, 0.4) is 0 Å². The maximum absolute atomic E-state index is 5.12. The lowest BCUT2D eigenvalue weighted by Gasteiger charge is -2.01. The second-order valence-electron chi connectivity index (χ2n) is 2.69. The molecule has 0 bridgehead atoms. The average Bonchev–Trinajstić information content (AvgIpc) is 2.10. The Labute approximate surface area is 84.6 Å². The fourth-order valence-electron chi connectivity index (χ4n) is 0.912. The first-order valence-electron chi connectivity index (χ1n) is 4.44. The van der Waals surface area contributed by atoms with Crippen molar-refractivity contribution in [3.05, 3.63) is 0 Å². The number of nitrogens with one attached hydrogen (secondary N) is 1. The van der Waals surface area contributed by atoms with E-state index >= 15 is 0 Å². The summed E-state index contributed by atoms with van der Waals surface area (Å²) in [5.41, 5.74) is 2.46. The molecule has 0 rings (SSSR count). The van der Waals surface area contributed by atoms with Crippen molar-refractivity contribution in [2.75, 3.05) is 5.75 Å². The van der Waals surface area contributed by atoms with Crippen LogP contribution in [-0.2, 0) is 0 Å². The third kappa shape index (κ3) is 8.30. The van der Waals surface area contributed by atoms with Gasteiger partial charge in [-0.15, -0.1) is 0 Å². The second kappa shape index (κ2) is 9.29. The average molecular weight is 206 g/mol. The smallest absolute Gasteiger partial charge is 0.147 e. The molecule has 0 radical (unpaired) electrons. The summed E-state index contributed by atoms with van der Waals surface area (Å²) < 4.78 is 0.700. The van der Waals surface area contributed by atoms with Crippen LogP contribution in [0.4, 0.5) is 0 Å². The number of unbranched alkanes of at least 4 members (excludes halogenated alkanes) is 4. The van der Waals surface area contributed by atoms with Crippen LogP contribution < -0.4 is 11.3 Å². The maximum Gasteiger partial charge on any atom is 0.147 e. The summed E-state index contributed by atoms with van der Waals surface area (Å²) in [6.45, 7) is 2.22. The molecule has 0 spiro atoms. The van der Waals surface area contributed by atoms with Crippen molar-refractivity contribution in [3.8, 4) is 0 Å². The Morgan fingerprint density at radius 1 is 1.33 bits per heavy atom. The molecule has 0 saturated carbocycles. The lowest BCUT2D eigenvalue weighted by atomic mass is 10.2. The van der Waals surface area contributed by atoms with E-state index in [1.807, 2.05) is 0 Å². The van der Waals surface area contributed by atoms with Gasteiger partial charge in [-0.2, -0.15) is 0 Å². The molecule has 0 atom stereocenters. The van der Waals surface area contributed by atoms with Crippen molar-refractivity contribution >= 4 is 28.3 Å². The minimum atomic E-state index is 0.700. The van der Waals surface area contributed by atoms with E-state index in [1.54, 1.807) is 11.8 Å². The van der Waals surface area contributed by atoms with Gasteiger partial charge in [-0.1, -0.05) is 56.6 Å². The molecule has 0 fully saturated rings. The zero-order valence-electron chi connectivity index (χ0n) is 7.64. The van der Waals surface area contributed by atoms with Crippen LogP contribution >= 0.6 is 24.0 Å². The van der Waals surface area contributed by atoms with Gasteiger partial charge in [-0.3, -0.25) is 0 Å². The molecular weight excluding hydrogens is 188 g/mol. The minimum absolute atomic E-state index is 0.700. The van der Waals surface area contributed by atoms with Crippen molar-refractivity contribution in [1.82, 2.24) is 5.43 Å². The summed E-state index contributed by atoms with van der Waals surface area (Å²) in [6.07, 6.45) is 6.56. The number of thiocarbonyl (C=S) groups is 1. The fourth-order valence-corrected chi connectivity index (χ4v) is 1.78. The lowest BCUT2D eigenvalue weighted by molar-refractivity contribution is 0.659. The molecule has 0 aliphatic heterocycles. The molecule has 12 heavy (non-hydrogen) atoms. The van der Waals surface area contributed by atoms with Crippen molar-refractivity contribution < 1.29 is 0 Å². The van der Waals surface area contributed by atoms with Crippen LogP contribution in [0, 0.1) is 0 Å². The first-order chi connectivity index (χ1) is 5.81. The van der Waals surface area contributed by atoms with Crippen LogP contribution in [-0.4, -0.2) is 10.1 Å². The maximum atomic E-state index is 5.12. The zero-order valence-corrected chi connectivity index (χ0v) is 9.27. The molecule has 0 aromatic heterocycles. The molecule has 0 aliphatic rings. The summed E-state index contributed by atoms with van der Waals surface area (Å²) in [6, 6.07) is 0. The first-order valence-corrected chi connectivity index (χ1v) is 5.84. The number of rotatable bonds is 6. The molecule has 0 unspecified atom stereocenters. The van der Waals surface area contributed by atoms with Crippen LogP contribution in [0.15, 0.2) is 0 Å². The molecule has 0 amide bonds. The van der Waals surface area contributed by atoms with Gasteiger partial charge in [0.1, 0.15) is 4.32 Å². The van der Waals surface area contributed by atoms with E-state index in [-0.39, 0.29) is 0 Å². The lowest BCUT2D eigenvalue weighted by Crippen LogP contribution is -2.25. The topological polar surface area (TPSA) is 38.0 Å². The van der Waals surface area contributed by atoms with Crippen molar-refractivity contribution in [1.29, 1.82) is 0 Å². The Hall–Kier alpha value is 0.200. The van der Waals surface area contributed by atoms with E-state index in [1.165, 1.54) is 32.1 Å². The summed E-state index contributed by atoms with van der Waals surface area (Å²) >= 11 is 6.51. The SMILES string of the molecule is CCCCCCCSC(=S)NN. The normalized spacial score (nSPS) is 9.83.